The lowest BCUT2D eigenvalue weighted by Crippen LogP contribution is -2.59. The maximum Gasteiger partial charge on any atom is 0.241 e. The minimum absolute atomic E-state index is 0.249. The molecule has 5 N–H and O–H groups in total. The van der Waals surface area contributed by atoms with Crippen molar-refractivity contribution in [1.82, 2.24) is 4.72 Å². The van der Waals surface area contributed by atoms with E-state index in [0.29, 0.717) is 24.8 Å². The molecule has 2 aromatic rings. The molecule has 2 aromatic carbocycles. The van der Waals surface area contributed by atoms with Gasteiger partial charge in [-0.15, -0.1) is 0 Å². The molecule has 0 bridgehead atoms. The molecular weight excluding hydrogens is 476 g/mol. The Hall–Kier alpha value is -1.83. The molecule has 10 nitrogen and oxygen atoms in total. The summed E-state index contributed by atoms with van der Waals surface area (Å²) in [6.45, 7) is 0.0502. The molecule has 0 saturated carbocycles. The summed E-state index contributed by atoms with van der Waals surface area (Å²) in [5, 5.41) is 40.3. The number of anilines is 1. The number of rotatable bonds is 12. The van der Waals surface area contributed by atoms with Crippen molar-refractivity contribution in [3.63, 3.8) is 0 Å². The number of aliphatic hydroxyl groups excluding tert-OH is 4. The van der Waals surface area contributed by atoms with Crippen LogP contribution in [0, 0.1) is 0 Å². The van der Waals surface area contributed by atoms with Gasteiger partial charge in [-0.25, -0.2) is 13.1 Å². The summed E-state index contributed by atoms with van der Waals surface area (Å²) in [6, 6.07) is 10.9. The maximum absolute atomic E-state index is 12.9. The fourth-order valence-corrected chi connectivity index (χ4v) is 5.45. The molecule has 0 aromatic heterocycles. The summed E-state index contributed by atoms with van der Waals surface area (Å²) in [4.78, 5) is 2.21. The molecule has 5 atom stereocenters. The summed E-state index contributed by atoms with van der Waals surface area (Å²) in [5.41, 5.74) is 0.950. The topological polar surface area (TPSA) is 149 Å². The van der Waals surface area contributed by atoms with Crippen LogP contribution in [0.3, 0.4) is 0 Å². The van der Waals surface area contributed by atoms with Gasteiger partial charge < -0.3 is 34.8 Å². The predicted molar refractivity (Wildman–Crippen MR) is 132 cm³/mol. The Morgan fingerprint density at radius 3 is 2.34 bits per heavy atom. The highest BCUT2D eigenvalue weighted by Gasteiger charge is 2.43. The minimum atomic E-state index is -3.67. The van der Waals surface area contributed by atoms with E-state index >= 15 is 0 Å². The van der Waals surface area contributed by atoms with Crippen LogP contribution in [0.4, 0.5) is 5.69 Å². The summed E-state index contributed by atoms with van der Waals surface area (Å²) >= 11 is 0. The Balaban J connectivity index is 1.42. The number of ether oxygens (including phenoxy) is 2. The molecule has 0 amide bonds. The van der Waals surface area contributed by atoms with Gasteiger partial charge in [-0.1, -0.05) is 37.1 Å². The van der Waals surface area contributed by atoms with E-state index in [4.69, 9.17) is 9.47 Å². The normalized spacial score (nSPS) is 25.1. The second-order valence-corrected chi connectivity index (χ2v) is 10.6. The maximum atomic E-state index is 12.9. The van der Waals surface area contributed by atoms with E-state index in [0.717, 1.165) is 23.9 Å². The molecule has 3 rings (SSSR count). The Kier molecular flexibility index (Phi) is 9.85. The molecule has 35 heavy (non-hydrogen) atoms. The van der Waals surface area contributed by atoms with E-state index in [2.05, 4.69) is 4.72 Å². The summed E-state index contributed by atoms with van der Waals surface area (Å²) in [5.74, 6) is 0. The van der Waals surface area contributed by atoms with Gasteiger partial charge in [0, 0.05) is 43.7 Å². The highest BCUT2D eigenvalue weighted by molar-refractivity contribution is 7.89. The zero-order valence-corrected chi connectivity index (χ0v) is 20.9. The van der Waals surface area contributed by atoms with Crippen LogP contribution in [0.1, 0.15) is 25.7 Å². The largest absolute Gasteiger partial charge is 0.394 e. The van der Waals surface area contributed by atoms with Crippen molar-refractivity contribution in [2.45, 2.75) is 61.3 Å². The van der Waals surface area contributed by atoms with E-state index in [1.807, 2.05) is 43.3 Å². The summed E-state index contributed by atoms with van der Waals surface area (Å²) < 4.78 is 39.3. The van der Waals surface area contributed by atoms with Crippen molar-refractivity contribution in [3.05, 3.63) is 36.4 Å². The SMILES string of the molecule is CN(C)c1cccc2c(S(=O)(=O)NCCCCCCO[C@H]3O[C@H](CO)[C@@H](O)[C@H](O)[C@@H]3O)cccc12. The number of hydrogen-bond donors (Lipinski definition) is 5. The Morgan fingerprint density at radius 2 is 1.63 bits per heavy atom. The first kappa shape index (κ1) is 27.8. The molecule has 1 aliphatic rings. The van der Waals surface area contributed by atoms with E-state index in [-0.39, 0.29) is 11.5 Å². The van der Waals surface area contributed by atoms with Crippen molar-refractivity contribution in [1.29, 1.82) is 0 Å². The smallest absolute Gasteiger partial charge is 0.241 e. The molecule has 1 heterocycles. The third-order valence-electron chi connectivity index (χ3n) is 6.12. The van der Waals surface area contributed by atoms with E-state index < -0.39 is 47.3 Å². The molecule has 1 aliphatic heterocycles. The molecule has 1 fully saturated rings. The van der Waals surface area contributed by atoms with Crippen LogP contribution in [0.25, 0.3) is 10.8 Å². The Bertz CT molecular complexity index is 1060. The number of fused-ring (bicyclic) bond motifs is 1. The van der Waals surface area contributed by atoms with Crippen LogP contribution in [0.2, 0.25) is 0 Å². The van der Waals surface area contributed by atoms with Crippen LogP contribution in [-0.2, 0) is 19.5 Å². The Morgan fingerprint density at radius 1 is 0.943 bits per heavy atom. The lowest BCUT2D eigenvalue weighted by molar-refractivity contribution is -0.301. The number of benzene rings is 2. The number of hydrogen-bond acceptors (Lipinski definition) is 9. The van der Waals surface area contributed by atoms with Crippen LogP contribution in [-0.4, -0.2) is 93.4 Å². The van der Waals surface area contributed by atoms with Crippen molar-refractivity contribution < 1.29 is 38.3 Å². The van der Waals surface area contributed by atoms with Gasteiger partial charge in [0.15, 0.2) is 6.29 Å². The zero-order valence-electron chi connectivity index (χ0n) is 20.1. The van der Waals surface area contributed by atoms with Gasteiger partial charge in [0.25, 0.3) is 0 Å². The Labute approximate surface area is 206 Å². The minimum Gasteiger partial charge on any atom is -0.394 e. The van der Waals surface area contributed by atoms with E-state index in [1.165, 1.54) is 0 Å². The molecule has 0 radical (unpaired) electrons. The second kappa shape index (κ2) is 12.4. The van der Waals surface area contributed by atoms with Crippen LogP contribution in [0.5, 0.6) is 0 Å². The van der Waals surface area contributed by atoms with Gasteiger partial charge in [0.1, 0.15) is 24.4 Å². The molecule has 0 aliphatic carbocycles. The standard InChI is InChI=1S/C24H36N2O8S/c1-26(2)18-11-7-10-17-16(18)9-8-12-20(17)35(31,32)25-13-5-3-4-6-14-33-24-23(30)22(29)21(28)19(15-27)34-24/h7-12,19,21-25,27-30H,3-6,13-15H2,1-2H3/t19-,21-,22+,23+,24+/m1/s1. The first-order chi connectivity index (χ1) is 16.7. The number of nitrogens with one attached hydrogen (secondary N) is 1. The highest BCUT2D eigenvalue weighted by Crippen LogP contribution is 2.30. The highest BCUT2D eigenvalue weighted by atomic mass is 32.2. The van der Waals surface area contributed by atoms with Gasteiger partial charge in [0.05, 0.1) is 11.5 Å². The monoisotopic (exact) mass is 512 g/mol. The molecule has 0 spiro atoms. The summed E-state index contributed by atoms with van der Waals surface area (Å²) in [7, 11) is 0.173. The molecule has 0 unspecified atom stereocenters. The third-order valence-corrected chi connectivity index (χ3v) is 7.64. The van der Waals surface area contributed by atoms with Gasteiger partial charge in [-0.05, 0) is 25.0 Å². The van der Waals surface area contributed by atoms with E-state index in [9.17, 15) is 28.8 Å². The van der Waals surface area contributed by atoms with Crippen molar-refractivity contribution in [2.75, 3.05) is 38.8 Å². The van der Waals surface area contributed by atoms with Crippen molar-refractivity contribution in [2.24, 2.45) is 0 Å². The quantitative estimate of drug-likeness (QED) is 0.257. The molecule has 1 saturated heterocycles. The lowest BCUT2D eigenvalue weighted by Gasteiger charge is -2.39. The zero-order chi connectivity index (χ0) is 25.6. The van der Waals surface area contributed by atoms with Crippen LogP contribution >= 0.6 is 0 Å². The summed E-state index contributed by atoms with van der Waals surface area (Å²) in [6.07, 6.45) is -3.61. The average Bonchev–Trinajstić information content (AvgIpc) is 2.84. The lowest BCUT2D eigenvalue weighted by atomic mass is 9.99. The third kappa shape index (κ3) is 6.69. The van der Waals surface area contributed by atoms with Crippen LogP contribution < -0.4 is 9.62 Å². The molecular formula is C24H36N2O8S. The fourth-order valence-electron chi connectivity index (χ4n) is 4.16. The van der Waals surface area contributed by atoms with Gasteiger partial charge in [0.2, 0.25) is 10.0 Å². The van der Waals surface area contributed by atoms with Gasteiger partial charge >= 0.3 is 0 Å². The first-order valence-corrected chi connectivity index (χ1v) is 13.3. The molecule has 196 valence electrons. The second-order valence-electron chi connectivity index (χ2n) is 8.90. The number of aliphatic hydroxyl groups is 4. The fraction of sp³-hybridized carbons (Fsp3) is 0.583. The number of nitrogens with zero attached hydrogens (tertiary/aromatic N) is 1. The van der Waals surface area contributed by atoms with Gasteiger partial charge in [-0.3, -0.25) is 0 Å². The van der Waals surface area contributed by atoms with Crippen LogP contribution in [0.15, 0.2) is 41.3 Å². The number of unbranched alkanes of at least 4 members (excludes halogenated alkanes) is 3. The van der Waals surface area contributed by atoms with E-state index in [1.54, 1.807) is 12.1 Å². The predicted octanol–water partition coefficient (Wildman–Crippen LogP) is 0.561. The number of sulfonamides is 1. The van der Waals surface area contributed by atoms with Gasteiger partial charge in [-0.2, -0.15) is 0 Å². The first-order valence-electron chi connectivity index (χ1n) is 11.8. The van der Waals surface area contributed by atoms with Crippen molar-refractivity contribution in [3.8, 4) is 0 Å². The average molecular weight is 513 g/mol. The van der Waals surface area contributed by atoms with Crippen molar-refractivity contribution >= 4 is 26.5 Å². The molecule has 11 heteroatoms.